The molecule has 1 unspecified atom stereocenters. The van der Waals surface area contributed by atoms with E-state index in [1.807, 2.05) is 20.8 Å². The minimum Gasteiger partial charge on any atom is -0.293 e. The molecule has 0 fully saturated rings. The van der Waals surface area contributed by atoms with Gasteiger partial charge in [-0.3, -0.25) is 14.2 Å². The van der Waals surface area contributed by atoms with Crippen molar-refractivity contribution >= 4 is 38.5 Å². The minimum absolute atomic E-state index is 0.0724. The topological polar surface area (TPSA) is 39.1 Å². The number of halogens is 2. The summed E-state index contributed by atoms with van der Waals surface area (Å²) in [6, 6.07) is 2.83. The maximum atomic E-state index is 14.1. The van der Waals surface area contributed by atoms with Crippen LogP contribution in [-0.2, 0) is 6.42 Å². The van der Waals surface area contributed by atoms with E-state index in [0.29, 0.717) is 17.3 Å². The molecule has 1 aliphatic carbocycles. The molecule has 21 heavy (non-hydrogen) atoms. The van der Waals surface area contributed by atoms with Gasteiger partial charge in [-0.1, -0.05) is 36.7 Å². The van der Waals surface area contributed by atoms with E-state index in [-0.39, 0.29) is 17.3 Å². The van der Waals surface area contributed by atoms with Crippen LogP contribution in [0.5, 0.6) is 0 Å². The lowest BCUT2D eigenvalue weighted by molar-refractivity contribution is 0.0772. The van der Waals surface area contributed by atoms with Gasteiger partial charge in [-0.15, -0.1) is 0 Å². The Morgan fingerprint density at radius 1 is 1.38 bits per heavy atom. The molecular weight excluding hydrogens is 337 g/mol. The van der Waals surface area contributed by atoms with Crippen molar-refractivity contribution in [1.29, 1.82) is 0 Å². The highest BCUT2D eigenvalue weighted by molar-refractivity contribution is 9.10. The fourth-order valence-electron chi connectivity index (χ4n) is 2.75. The zero-order valence-electron chi connectivity index (χ0n) is 12.0. The van der Waals surface area contributed by atoms with Gasteiger partial charge in [-0.25, -0.2) is 4.39 Å². The number of aromatic nitrogens is 1. The van der Waals surface area contributed by atoms with Gasteiger partial charge in [0.1, 0.15) is 5.82 Å². The van der Waals surface area contributed by atoms with Gasteiger partial charge >= 0.3 is 0 Å². The van der Waals surface area contributed by atoms with Crippen LogP contribution in [0, 0.1) is 11.2 Å². The lowest BCUT2D eigenvalue weighted by Crippen LogP contribution is -2.26. The van der Waals surface area contributed by atoms with Gasteiger partial charge in [-0.2, -0.15) is 0 Å². The van der Waals surface area contributed by atoms with Crippen LogP contribution in [0.3, 0.4) is 0 Å². The second-order valence-electron chi connectivity index (χ2n) is 6.43. The number of benzene rings is 1. The molecule has 0 bridgehead atoms. The first-order chi connectivity index (χ1) is 9.71. The Morgan fingerprint density at radius 3 is 2.67 bits per heavy atom. The summed E-state index contributed by atoms with van der Waals surface area (Å²) in [4.78, 5) is 24.3. The first-order valence-corrected chi connectivity index (χ1v) is 7.69. The van der Waals surface area contributed by atoms with Crippen molar-refractivity contribution in [2.45, 2.75) is 32.0 Å². The standard InChI is InChI=1S/C16H15BrFNO2/c1-16(2,3)15(21)19-7-8-6-9(17)14(20)13-10(18)4-5-11(19)12(8)13/h4-5,7,9H,6H2,1-3H3. The summed E-state index contributed by atoms with van der Waals surface area (Å²) in [6.07, 6.45) is 2.21. The third-order valence-electron chi connectivity index (χ3n) is 3.79. The Bertz CT molecular complexity index is 786. The van der Waals surface area contributed by atoms with Crippen LogP contribution < -0.4 is 0 Å². The van der Waals surface area contributed by atoms with Gasteiger partial charge in [0.2, 0.25) is 5.91 Å². The summed E-state index contributed by atoms with van der Waals surface area (Å²) in [5, 5.41) is 0.577. The summed E-state index contributed by atoms with van der Waals surface area (Å²) < 4.78 is 15.6. The number of ketones is 1. The van der Waals surface area contributed by atoms with Crippen LogP contribution in [0.25, 0.3) is 10.9 Å². The number of carbonyl (C=O) groups is 2. The summed E-state index contributed by atoms with van der Waals surface area (Å²) in [5.41, 5.74) is 0.979. The average Bonchev–Trinajstić information content (AvgIpc) is 2.74. The normalized spacial score (nSPS) is 18.3. The largest absolute Gasteiger partial charge is 0.293 e. The Balaban J connectivity index is 2.35. The third-order valence-corrected chi connectivity index (χ3v) is 4.53. The van der Waals surface area contributed by atoms with Gasteiger partial charge in [0.25, 0.3) is 0 Å². The number of alkyl halides is 1. The van der Waals surface area contributed by atoms with E-state index >= 15 is 0 Å². The van der Waals surface area contributed by atoms with E-state index in [1.165, 1.54) is 6.07 Å². The molecule has 1 aromatic carbocycles. The predicted octanol–water partition coefficient (Wildman–Crippen LogP) is 3.97. The van der Waals surface area contributed by atoms with Crippen LogP contribution in [0.1, 0.15) is 41.5 Å². The van der Waals surface area contributed by atoms with Crippen LogP contribution in [0.4, 0.5) is 4.39 Å². The third kappa shape index (κ3) is 2.06. The van der Waals surface area contributed by atoms with Gasteiger partial charge in [0, 0.05) is 17.0 Å². The summed E-state index contributed by atoms with van der Waals surface area (Å²) >= 11 is 3.30. The van der Waals surface area contributed by atoms with Crippen molar-refractivity contribution in [3.8, 4) is 0 Å². The van der Waals surface area contributed by atoms with Gasteiger partial charge < -0.3 is 0 Å². The van der Waals surface area contributed by atoms with E-state index in [0.717, 1.165) is 5.56 Å². The highest BCUT2D eigenvalue weighted by Crippen LogP contribution is 2.36. The van der Waals surface area contributed by atoms with Crippen molar-refractivity contribution < 1.29 is 14.0 Å². The highest BCUT2D eigenvalue weighted by Gasteiger charge is 2.33. The van der Waals surface area contributed by atoms with Crippen LogP contribution in [0.2, 0.25) is 0 Å². The number of hydrogen-bond donors (Lipinski definition) is 0. The number of Topliss-reactive ketones (excluding diaryl/α,β-unsaturated/α-hetero) is 1. The number of rotatable bonds is 0. The molecule has 0 aliphatic heterocycles. The number of carbonyl (C=O) groups excluding carboxylic acids is 2. The van der Waals surface area contributed by atoms with E-state index in [2.05, 4.69) is 15.9 Å². The van der Waals surface area contributed by atoms with Crippen molar-refractivity contribution in [2.24, 2.45) is 5.41 Å². The van der Waals surface area contributed by atoms with Crippen LogP contribution in [-0.4, -0.2) is 21.1 Å². The predicted molar refractivity (Wildman–Crippen MR) is 82.7 cm³/mol. The van der Waals surface area contributed by atoms with Crippen LogP contribution >= 0.6 is 15.9 Å². The molecule has 1 atom stereocenters. The van der Waals surface area contributed by atoms with Crippen molar-refractivity contribution in [2.75, 3.05) is 0 Å². The molecule has 0 saturated heterocycles. The monoisotopic (exact) mass is 351 g/mol. The molecule has 0 radical (unpaired) electrons. The first-order valence-electron chi connectivity index (χ1n) is 6.77. The zero-order valence-corrected chi connectivity index (χ0v) is 13.6. The minimum atomic E-state index is -0.552. The average molecular weight is 352 g/mol. The second kappa shape index (κ2) is 4.50. The Morgan fingerprint density at radius 2 is 2.05 bits per heavy atom. The molecule has 2 aromatic rings. The van der Waals surface area contributed by atoms with Crippen molar-refractivity contribution in [3.05, 3.63) is 35.3 Å². The lowest BCUT2D eigenvalue weighted by atomic mass is 9.91. The Labute approximate surface area is 130 Å². The molecule has 3 rings (SSSR count). The summed E-state index contributed by atoms with van der Waals surface area (Å²) in [5.74, 6) is -0.859. The molecule has 1 aliphatic rings. The fourth-order valence-corrected chi connectivity index (χ4v) is 3.33. The van der Waals surface area contributed by atoms with Crippen molar-refractivity contribution in [3.63, 3.8) is 0 Å². The molecule has 3 nitrogen and oxygen atoms in total. The Hall–Kier alpha value is -1.49. The molecule has 110 valence electrons. The van der Waals surface area contributed by atoms with Gasteiger partial charge in [0.05, 0.1) is 15.9 Å². The smallest absolute Gasteiger partial charge is 0.236 e. The first kappa shape index (κ1) is 14.4. The summed E-state index contributed by atoms with van der Waals surface area (Å²) in [7, 11) is 0. The van der Waals surface area contributed by atoms with Crippen molar-refractivity contribution in [1.82, 2.24) is 4.57 Å². The fraction of sp³-hybridized carbons (Fsp3) is 0.375. The SMILES string of the molecule is CC(C)(C)C(=O)n1cc2c3c(c(F)ccc31)C(=O)C(Br)C2. The van der Waals surface area contributed by atoms with Gasteiger partial charge in [0.15, 0.2) is 5.78 Å². The second-order valence-corrected chi connectivity index (χ2v) is 7.54. The molecule has 0 spiro atoms. The molecule has 5 heteroatoms. The van der Waals surface area contributed by atoms with E-state index in [1.54, 1.807) is 16.8 Å². The summed E-state index contributed by atoms with van der Waals surface area (Å²) in [6.45, 7) is 5.51. The number of hydrogen-bond acceptors (Lipinski definition) is 2. The van der Waals surface area contributed by atoms with E-state index in [4.69, 9.17) is 0 Å². The molecule has 1 aromatic heterocycles. The maximum absolute atomic E-state index is 14.1. The van der Waals surface area contributed by atoms with E-state index < -0.39 is 16.1 Å². The zero-order chi connectivity index (χ0) is 15.5. The molecular formula is C16H15BrFNO2. The number of nitrogens with zero attached hydrogens (tertiary/aromatic N) is 1. The van der Waals surface area contributed by atoms with E-state index in [9.17, 15) is 14.0 Å². The molecule has 0 N–H and O–H groups in total. The highest BCUT2D eigenvalue weighted by atomic mass is 79.9. The maximum Gasteiger partial charge on any atom is 0.236 e. The Kier molecular flexibility index (Phi) is 3.10. The quantitative estimate of drug-likeness (QED) is 0.673. The molecule has 0 saturated carbocycles. The van der Waals surface area contributed by atoms with Gasteiger partial charge in [-0.05, 0) is 24.1 Å². The van der Waals surface area contributed by atoms with Crippen LogP contribution in [0.15, 0.2) is 18.3 Å². The molecule has 0 amide bonds. The lowest BCUT2D eigenvalue weighted by Gasteiger charge is -2.18. The molecule has 1 heterocycles.